The van der Waals surface area contributed by atoms with E-state index < -0.39 is 24.3 Å². The predicted molar refractivity (Wildman–Crippen MR) is 57.2 cm³/mol. The van der Waals surface area contributed by atoms with Crippen LogP contribution in [0.15, 0.2) is 24.3 Å². The number of hydrogen-bond acceptors (Lipinski definition) is 3. The van der Waals surface area contributed by atoms with E-state index in [0.717, 1.165) is 0 Å². The lowest BCUT2D eigenvalue weighted by atomic mass is 10.1. The quantitative estimate of drug-likeness (QED) is 0.474. The minimum Gasteiger partial charge on any atom is -0.460 e. The van der Waals surface area contributed by atoms with E-state index in [1.165, 1.54) is 24.3 Å². The average Bonchev–Trinajstić information content (AvgIpc) is 2.27. The average molecular weight is 260 g/mol. The van der Waals surface area contributed by atoms with Crippen molar-refractivity contribution in [2.24, 2.45) is 0 Å². The van der Waals surface area contributed by atoms with Gasteiger partial charge in [-0.05, 0) is 12.5 Å². The highest BCUT2D eigenvalue weighted by Gasteiger charge is 2.27. The van der Waals surface area contributed by atoms with Crippen LogP contribution < -0.4 is 0 Å². The number of carbonyl (C=O) groups is 2. The first kappa shape index (κ1) is 14.2. The van der Waals surface area contributed by atoms with E-state index in [-0.39, 0.29) is 17.7 Å². The van der Waals surface area contributed by atoms with Crippen LogP contribution in [0.3, 0.4) is 0 Å². The van der Waals surface area contributed by atoms with Gasteiger partial charge in [-0.1, -0.05) is 24.3 Å². The molecule has 0 unspecified atom stereocenters. The van der Waals surface area contributed by atoms with Crippen LogP contribution in [-0.4, -0.2) is 24.5 Å². The zero-order valence-corrected chi connectivity index (χ0v) is 9.58. The monoisotopic (exact) mass is 260 g/mol. The summed E-state index contributed by atoms with van der Waals surface area (Å²) < 4.78 is 40.8. The van der Waals surface area contributed by atoms with Crippen molar-refractivity contribution < 1.29 is 27.5 Å². The molecule has 0 aliphatic heterocycles. The largest absolute Gasteiger partial charge is 0.460 e. The van der Waals surface area contributed by atoms with Crippen LogP contribution in [0.2, 0.25) is 0 Å². The van der Waals surface area contributed by atoms with Gasteiger partial charge >= 0.3 is 12.1 Å². The van der Waals surface area contributed by atoms with Crippen LogP contribution in [-0.2, 0) is 16.0 Å². The van der Waals surface area contributed by atoms with Crippen LogP contribution in [0, 0.1) is 0 Å². The molecule has 0 amide bonds. The molecule has 0 spiro atoms. The lowest BCUT2D eigenvalue weighted by Gasteiger charge is -2.06. The first-order chi connectivity index (χ1) is 8.33. The van der Waals surface area contributed by atoms with Crippen molar-refractivity contribution >= 4 is 11.8 Å². The molecule has 0 aromatic heterocycles. The number of carbonyl (C=O) groups excluding carboxylic acids is 2. The molecule has 0 N–H and O–H groups in total. The highest BCUT2D eigenvalue weighted by atomic mass is 19.4. The molecule has 1 rings (SSSR count). The van der Waals surface area contributed by atoms with Crippen molar-refractivity contribution in [1.29, 1.82) is 0 Å². The molecule has 0 atom stereocenters. The first-order valence-corrected chi connectivity index (χ1v) is 5.20. The summed E-state index contributed by atoms with van der Waals surface area (Å²) in [6.45, 7) is 1.62. The van der Waals surface area contributed by atoms with Crippen molar-refractivity contribution in [1.82, 2.24) is 0 Å². The van der Waals surface area contributed by atoms with Crippen molar-refractivity contribution in [3.05, 3.63) is 35.4 Å². The van der Waals surface area contributed by atoms with Crippen LogP contribution in [0.25, 0.3) is 0 Å². The molecule has 0 aliphatic carbocycles. The van der Waals surface area contributed by atoms with Gasteiger partial charge in [0.1, 0.15) is 0 Å². The molecular weight excluding hydrogens is 249 g/mol. The number of hydrogen-bond donors (Lipinski definition) is 0. The van der Waals surface area contributed by atoms with E-state index in [1.807, 2.05) is 0 Å². The van der Waals surface area contributed by atoms with Gasteiger partial charge in [-0.25, -0.2) is 4.79 Å². The van der Waals surface area contributed by atoms with E-state index in [0.29, 0.717) is 0 Å². The number of ether oxygens (including phenoxy) is 1. The maximum atomic E-state index is 12.1. The van der Waals surface area contributed by atoms with Crippen LogP contribution in [0.4, 0.5) is 13.2 Å². The molecule has 0 aliphatic rings. The highest BCUT2D eigenvalue weighted by molar-refractivity contribution is 6.40. The van der Waals surface area contributed by atoms with Gasteiger partial charge in [-0.2, -0.15) is 13.2 Å². The molecule has 6 heteroatoms. The number of rotatable bonds is 4. The summed E-state index contributed by atoms with van der Waals surface area (Å²) in [4.78, 5) is 22.5. The third-order valence-electron chi connectivity index (χ3n) is 2.08. The second kappa shape index (κ2) is 5.66. The van der Waals surface area contributed by atoms with Gasteiger partial charge < -0.3 is 4.74 Å². The molecule has 0 bridgehead atoms. The smallest absolute Gasteiger partial charge is 0.393 e. The van der Waals surface area contributed by atoms with E-state index in [1.54, 1.807) is 6.92 Å². The van der Waals surface area contributed by atoms with E-state index in [4.69, 9.17) is 0 Å². The van der Waals surface area contributed by atoms with E-state index in [9.17, 15) is 22.8 Å². The van der Waals surface area contributed by atoms with Gasteiger partial charge in [0.2, 0.25) is 0 Å². The Kier molecular flexibility index (Phi) is 4.47. The lowest BCUT2D eigenvalue weighted by molar-refractivity contribution is -0.137. The van der Waals surface area contributed by atoms with Crippen LogP contribution in [0.1, 0.15) is 22.8 Å². The van der Waals surface area contributed by atoms with Crippen LogP contribution in [0.5, 0.6) is 0 Å². The second-order valence-corrected chi connectivity index (χ2v) is 3.54. The van der Waals surface area contributed by atoms with Gasteiger partial charge in [-0.3, -0.25) is 4.79 Å². The van der Waals surface area contributed by atoms with Crippen molar-refractivity contribution in [3.8, 4) is 0 Å². The van der Waals surface area contributed by atoms with Gasteiger partial charge in [0.15, 0.2) is 0 Å². The summed E-state index contributed by atoms with van der Waals surface area (Å²) in [6.07, 6.45) is -5.37. The zero-order chi connectivity index (χ0) is 13.8. The highest BCUT2D eigenvalue weighted by Crippen LogP contribution is 2.21. The van der Waals surface area contributed by atoms with E-state index >= 15 is 0 Å². The summed E-state index contributed by atoms with van der Waals surface area (Å²) in [7, 11) is 0. The minimum absolute atomic E-state index is 0.0133. The van der Waals surface area contributed by atoms with Crippen LogP contribution >= 0.6 is 0 Å². The zero-order valence-electron chi connectivity index (χ0n) is 9.58. The number of Topliss-reactive ketones (excluding diaryl/α,β-unsaturated/α-hetero) is 1. The second-order valence-electron chi connectivity index (χ2n) is 3.54. The normalized spacial score (nSPS) is 11.1. The summed E-state index contributed by atoms with van der Waals surface area (Å²) in [5.41, 5.74) is 0.0438. The SMILES string of the molecule is CCOC(=O)C(=O)c1ccc(CC(F)(F)F)cc1. The number of halogens is 3. The van der Waals surface area contributed by atoms with Gasteiger partial charge in [0.05, 0.1) is 13.0 Å². The fourth-order valence-corrected chi connectivity index (χ4v) is 1.32. The molecule has 0 fully saturated rings. The molecule has 0 radical (unpaired) electrons. The summed E-state index contributed by atoms with van der Waals surface area (Å²) in [6, 6.07) is 4.69. The molecule has 18 heavy (non-hydrogen) atoms. The number of esters is 1. The first-order valence-electron chi connectivity index (χ1n) is 5.20. The maximum Gasteiger partial charge on any atom is 0.393 e. The molecule has 3 nitrogen and oxygen atoms in total. The summed E-state index contributed by atoms with van der Waals surface area (Å²) in [5.74, 6) is -1.88. The molecule has 1 aromatic carbocycles. The molecule has 0 saturated heterocycles. The number of ketones is 1. The summed E-state index contributed by atoms with van der Waals surface area (Å²) >= 11 is 0. The van der Waals surface area contributed by atoms with Gasteiger partial charge in [-0.15, -0.1) is 0 Å². The Morgan fingerprint density at radius 1 is 1.17 bits per heavy atom. The Hall–Kier alpha value is -1.85. The fourth-order valence-electron chi connectivity index (χ4n) is 1.32. The van der Waals surface area contributed by atoms with E-state index in [2.05, 4.69) is 4.74 Å². The minimum atomic E-state index is -4.30. The molecule has 0 heterocycles. The third-order valence-corrected chi connectivity index (χ3v) is 2.08. The van der Waals surface area contributed by atoms with Crippen molar-refractivity contribution in [2.45, 2.75) is 19.5 Å². The molecule has 98 valence electrons. The predicted octanol–water partition coefficient (Wildman–Crippen LogP) is 2.54. The Bertz CT molecular complexity index is 435. The Morgan fingerprint density at radius 2 is 1.72 bits per heavy atom. The van der Waals surface area contributed by atoms with Crippen molar-refractivity contribution in [3.63, 3.8) is 0 Å². The molecule has 0 saturated carbocycles. The number of alkyl halides is 3. The van der Waals surface area contributed by atoms with Gasteiger partial charge in [0, 0.05) is 5.56 Å². The lowest BCUT2D eigenvalue weighted by Crippen LogP contribution is -2.17. The number of benzene rings is 1. The standard InChI is InChI=1S/C12H11F3O3/c1-2-18-11(17)10(16)9-5-3-8(4-6-9)7-12(13,14)15/h3-6H,2,7H2,1H3. The Labute approximate surface area is 102 Å². The Balaban J connectivity index is 2.77. The van der Waals surface area contributed by atoms with Gasteiger partial charge in [0.25, 0.3) is 5.78 Å². The topological polar surface area (TPSA) is 43.4 Å². The molecular formula is C12H11F3O3. The molecule has 1 aromatic rings. The summed E-state index contributed by atoms with van der Waals surface area (Å²) in [5, 5.41) is 0. The Morgan fingerprint density at radius 3 is 2.17 bits per heavy atom. The maximum absolute atomic E-state index is 12.1. The van der Waals surface area contributed by atoms with Crippen molar-refractivity contribution in [2.75, 3.05) is 6.61 Å². The third kappa shape index (κ3) is 4.20. The fraction of sp³-hybridized carbons (Fsp3) is 0.333.